The monoisotopic (exact) mass is 284 g/mol. The van der Waals surface area contributed by atoms with Gasteiger partial charge in [-0.15, -0.1) is 0 Å². The maximum Gasteiger partial charge on any atom is 0.231 e. The summed E-state index contributed by atoms with van der Waals surface area (Å²) in [5.41, 5.74) is 1.24. The first kappa shape index (κ1) is 12.1. The molecule has 0 radical (unpaired) electrons. The fraction of sp³-hybridized carbons (Fsp3) is 0.188. The van der Waals surface area contributed by atoms with Crippen LogP contribution < -0.4 is 18.9 Å². The number of ether oxygens (including phenoxy) is 4. The number of methoxy groups -OCH3 is 1. The molecule has 0 fully saturated rings. The quantitative estimate of drug-likeness (QED) is 0.806. The number of ketones is 1. The molecule has 106 valence electrons. The van der Waals surface area contributed by atoms with Crippen molar-refractivity contribution in [2.45, 2.75) is 6.42 Å². The molecule has 21 heavy (non-hydrogen) atoms. The standard InChI is InChI=1S/C16H12O5/c1-18-12-7-13-15(20-8-19-13)16-14(12)10(17)6-9-4-2-3-5-11(9)21-16/h2-5,7H,6,8H2,1H3. The molecular weight excluding hydrogens is 272 g/mol. The summed E-state index contributed by atoms with van der Waals surface area (Å²) in [5, 5.41) is 0. The van der Waals surface area contributed by atoms with Crippen molar-refractivity contribution in [3.8, 4) is 28.7 Å². The van der Waals surface area contributed by atoms with Crippen LogP contribution in [-0.2, 0) is 6.42 Å². The number of fused-ring (bicyclic) bond motifs is 4. The van der Waals surface area contributed by atoms with Gasteiger partial charge in [0, 0.05) is 18.1 Å². The average molecular weight is 284 g/mol. The van der Waals surface area contributed by atoms with Crippen LogP contribution in [0.15, 0.2) is 30.3 Å². The van der Waals surface area contributed by atoms with Crippen molar-refractivity contribution in [2.75, 3.05) is 13.9 Å². The smallest absolute Gasteiger partial charge is 0.231 e. The van der Waals surface area contributed by atoms with E-state index >= 15 is 0 Å². The third kappa shape index (κ3) is 1.74. The van der Waals surface area contributed by atoms with Crippen LogP contribution in [-0.4, -0.2) is 19.7 Å². The Balaban J connectivity index is 1.99. The summed E-state index contributed by atoms with van der Waals surface area (Å²) >= 11 is 0. The summed E-state index contributed by atoms with van der Waals surface area (Å²) in [6, 6.07) is 9.12. The number of hydrogen-bond donors (Lipinski definition) is 0. The number of carbonyl (C=O) groups excluding carboxylic acids is 1. The summed E-state index contributed by atoms with van der Waals surface area (Å²) in [7, 11) is 1.52. The van der Waals surface area contributed by atoms with Crippen molar-refractivity contribution in [2.24, 2.45) is 0 Å². The lowest BCUT2D eigenvalue weighted by molar-refractivity contribution is 0.0990. The van der Waals surface area contributed by atoms with Crippen LogP contribution in [0, 0.1) is 0 Å². The normalized spacial score (nSPS) is 14.8. The van der Waals surface area contributed by atoms with E-state index in [0.717, 1.165) is 5.56 Å². The third-order valence-electron chi connectivity index (χ3n) is 3.62. The van der Waals surface area contributed by atoms with Crippen LogP contribution in [0.4, 0.5) is 0 Å². The molecule has 0 aliphatic carbocycles. The van der Waals surface area contributed by atoms with Gasteiger partial charge in [0.05, 0.1) is 7.11 Å². The lowest BCUT2D eigenvalue weighted by Gasteiger charge is -2.13. The summed E-state index contributed by atoms with van der Waals surface area (Å²) < 4.78 is 22.1. The minimum absolute atomic E-state index is 0.0647. The Morgan fingerprint density at radius 1 is 1.10 bits per heavy atom. The zero-order chi connectivity index (χ0) is 14.4. The van der Waals surface area contributed by atoms with Crippen LogP contribution in [0.5, 0.6) is 28.7 Å². The number of Topliss-reactive ketones (excluding diaryl/α,β-unsaturated/α-hetero) is 1. The zero-order valence-corrected chi connectivity index (χ0v) is 11.3. The highest BCUT2D eigenvalue weighted by molar-refractivity contribution is 6.05. The Kier molecular flexibility index (Phi) is 2.54. The van der Waals surface area contributed by atoms with Gasteiger partial charge in [-0.1, -0.05) is 18.2 Å². The van der Waals surface area contributed by atoms with Gasteiger partial charge < -0.3 is 18.9 Å². The molecule has 0 saturated heterocycles. The van der Waals surface area contributed by atoms with Gasteiger partial charge in [0.2, 0.25) is 12.5 Å². The fourth-order valence-corrected chi connectivity index (χ4v) is 2.63. The number of para-hydroxylation sites is 1. The molecule has 5 heteroatoms. The van der Waals surface area contributed by atoms with Gasteiger partial charge in [0.1, 0.15) is 17.1 Å². The summed E-state index contributed by atoms with van der Waals surface area (Å²) in [4.78, 5) is 12.6. The summed E-state index contributed by atoms with van der Waals surface area (Å²) in [5.74, 6) is 2.37. The zero-order valence-electron chi connectivity index (χ0n) is 11.3. The highest BCUT2D eigenvalue weighted by atomic mass is 16.7. The number of carbonyl (C=O) groups is 1. The van der Waals surface area contributed by atoms with Gasteiger partial charge in [0.25, 0.3) is 0 Å². The largest absolute Gasteiger partial charge is 0.496 e. The highest BCUT2D eigenvalue weighted by Gasteiger charge is 2.32. The molecule has 5 nitrogen and oxygen atoms in total. The molecule has 0 aromatic heterocycles. The molecule has 2 aliphatic heterocycles. The predicted molar refractivity (Wildman–Crippen MR) is 73.7 cm³/mol. The van der Waals surface area contributed by atoms with Gasteiger partial charge in [-0.05, 0) is 6.07 Å². The van der Waals surface area contributed by atoms with Gasteiger partial charge >= 0.3 is 0 Å². The van der Waals surface area contributed by atoms with Gasteiger partial charge in [-0.25, -0.2) is 0 Å². The number of benzene rings is 2. The van der Waals surface area contributed by atoms with Crippen LogP contribution in [0.3, 0.4) is 0 Å². The molecule has 4 rings (SSSR count). The Morgan fingerprint density at radius 3 is 2.81 bits per heavy atom. The molecule has 2 heterocycles. The third-order valence-corrected chi connectivity index (χ3v) is 3.62. The van der Waals surface area contributed by atoms with Gasteiger partial charge in [-0.2, -0.15) is 0 Å². The predicted octanol–water partition coefficient (Wildman–Crippen LogP) is 2.96. The van der Waals surface area contributed by atoms with Crippen LogP contribution >= 0.6 is 0 Å². The van der Waals surface area contributed by atoms with Crippen molar-refractivity contribution in [3.63, 3.8) is 0 Å². The first-order valence-electron chi connectivity index (χ1n) is 6.57. The topological polar surface area (TPSA) is 54.0 Å². The van der Waals surface area contributed by atoms with E-state index in [0.29, 0.717) is 34.3 Å². The summed E-state index contributed by atoms with van der Waals surface area (Å²) in [6.45, 7) is 0.105. The van der Waals surface area contributed by atoms with Gasteiger partial charge in [0.15, 0.2) is 17.3 Å². The van der Waals surface area contributed by atoms with Crippen LogP contribution in [0.25, 0.3) is 0 Å². The van der Waals surface area contributed by atoms with Crippen LogP contribution in [0.1, 0.15) is 15.9 Å². The van der Waals surface area contributed by atoms with Gasteiger partial charge in [-0.3, -0.25) is 4.79 Å². The minimum atomic E-state index is -0.0647. The Labute approximate surface area is 121 Å². The number of rotatable bonds is 1. The van der Waals surface area contributed by atoms with Crippen molar-refractivity contribution < 1.29 is 23.7 Å². The SMILES string of the molecule is COc1cc2c(c3c1C(=O)Cc1ccccc1O3)OCO2. The molecule has 0 bridgehead atoms. The lowest BCUT2D eigenvalue weighted by Crippen LogP contribution is -2.05. The molecule has 0 amide bonds. The van der Waals surface area contributed by atoms with E-state index in [9.17, 15) is 4.79 Å². The second-order valence-electron chi connectivity index (χ2n) is 4.83. The number of hydrogen-bond acceptors (Lipinski definition) is 5. The van der Waals surface area contributed by atoms with Crippen LogP contribution in [0.2, 0.25) is 0 Å². The maximum absolute atomic E-state index is 12.6. The maximum atomic E-state index is 12.6. The van der Waals surface area contributed by atoms with E-state index in [-0.39, 0.29) is 19.0 Å². The van der Waals surface area contributed by atoms with E-state index in [4.69, 9.17) is 18.9 Å². The first-order chi connectivity index (χ1) is 10.3. The molecule has 0 N–H and O–H groups in total. The summed E-state index contributed by atoms with van der Waals surface area (Å²) in [6.07, 6.45) is 0.263. The van der Waals surface area contributed by atoms with Crippen molar-refractivity contribution in [3.05, 3.63) is 41.5 Å². The van der Waals surface area contributed by atoms with E-state index in [1.165, 1.54) is 7.11 Å². The molecule has 0 atom stereocenters. The molecular formula is C16H12O5. The fourth-order valence-electron chi connectivity index (χ4n) is 2.63. The second kappa shape index (κ2) is 4.41. The first-order valence-corrected chi connectivity index (χ1v) is 6.57. The van der Waals surface area contributed by atoms with E-state index in [2.05, 4.69) is 0 Å². The van der Waals surface area contributed by atoms with E-state index in [1.54, 1.807) is 6.07 Å². The van der Waals surface area contributed by atoms with Crippen molar-refractivity contribution >= 4 is 5.78 Å². The molecule has 0 unspecified atom stereocenters. The Bertz CT molecular complexity index is 751. The van der Waals surface area contributed by atoms with E-state index in [1.807, 2.05) is 24.3 Å². The molecule has 2 aliphatic rings. The Hall–Kier alpha value is -2.69. The highest BCUT2D eigenvalue weighted by Crippen LogP contribution is 2.51. The van der Waals surface area contributed by atoms with Crippen molar-refractivity contribution in [1.82, 2.24) is 0 Å². The molecule has 2 aromatic carbocycles. The molecule has 2 aromatic rings. The lowest BCUT2D eigenvalue weighted by atomic mass is 10.0. The second-order valence-corrected chi connectivity index (χ2v) is 4.83. The van der Waals surface area contributed by atoms with E-state index < -0.39 is 0 Å². The average Bonchev–Trinajstić information content (AvgIpc) is 2.91. The molecule has 0 spiro atoms. The minimum Gasteiger partial charge on any atom is -0.496 e. The Morgan fingerprint density at radius 2 is 1.95 bits per heavy atom. The van der Waals surface area contributed by atoms with Crippen molar-refractivity contribution in [1.29, 1.82) is 0 Å². The molecule has 0 saturated carbocycles.